The van der Waals surface area contributed by atoms with Crippen molar-refractivity contribution < 1.29 is 5.11 Å². The van der Waals surface area contributed by atoms with Gasteiger partial charge in [0.05, 0.1) is 5.54 Å². The van der Waals surface area contributed by atoms with E-state index in [0.717, 1.165) is 30.2 Å². The predicted molar refractivity (Wildman–Crippen MR) is 84.0 cm³/mol. The molecule has 0 atom stereocenters. The average Bonchev–Trinajstić information content (AvgIpc) is 2.88. The number of H-pyrrole nitrogens is 1. The molecule has 1 fully saturated rings. The molecule has 2 aromatic rings. The van der Waals surface area contributed by atoms with Crippen molar-refractivity contribution >= 4 is 15.9 Å². The average molecular weight is 350 g/mol. The van der Waals surface area contributed by atoms with E-state index < -0.39 is 5.54 Å². The van der Waals surface area contributed by atoms with Gasteiger partial charge in [-0.2, -0.15) is 4.98 Å². The van der Waals surface area contributed by atoms with Crippen molar-refractivity contribution in [2.75, 3.05) is 0 Å². The Morgan fingerprint density at radius 3 is 2.43 bits per heavy atom. The van der Waals surface area contributed by atoms with Crippen LogP contribution in [0, 0.1) is 0 Å². The molecule has 1 aliphatic carbocycles. The summed E-state index contributed by atoms with van der Waals surface area (Å²) in [5, 5.41) is 10.2. The molecule has 1 aromatic heterocycles. The molecule has 0 spiro atoms. The van der Waals surface area contributed by atoms with Crippen molar-refractivity contribution in [3.8, 4) is 17.0 Å². The molecule has 110 valence electrons. The van der Waals surface area contributed by atoms with E-state index in [-0.39, 0.29) is 17.0 Å². The number of aromatic hydroxyl groups is 1. The third kappa shape index (κ3) is 2.61. The Hall–Kier alpha value is -1.66. The molecule has 3 rings (SSSR count). The van der Waals surface area contributed by atoms with E-state index in [0.29, 0.717) is 11.4 Å². The van der Waals surface area contributed by atoms with E-state index in [1.54, 1.807) is 12.1 Å². The van der Waals surface area contributed by atoms with Gasteiger partial charge in [0.2, 0.25) is 5.88 Å². The second kappa shape index (κ2) is 5.27. The lowest BCUT2D eigenvalue weighted by Crippen LogP contribution is -2.37. The topological polar surface area (TPSA) is 92.0 Å². The van der Waals surface area contributed by atoms with E-state index in [1.807, 2.05) is 12.1 Å². The van der Waals surface area contributed by atoms with Crippen LogP contribution in [0.15, 0.2) is 33.5 Å². The first-order valence-corrected chi connectivity index (χ1v) is 7.67. The first-order valence-electron chi connectivity index (χ1n) is 6.88. The Bertz CT molecular complexity index is 719. The normalized spacial score (nSPS) is 17.0. The molecule has 4 N–H and O–H groups in total. The first kappa shape index (κ1) is 14.3. The number of halogens is 1. The van der Waals surface area contributed by atoms with Crippen LogP contribution in [0.5, 0.6) is 5.88 Å². The third-order valence-corrected chi connectivity index (χ3v) is 4.53. The van der Waals surface area contributed by atoms with Gasteiger partial charge >= 0.3 is 0 Å². The largest absolute Gasteiger partial charge is 0.493 e. The Labute approximate surface area is 130 Å². The van der Waals surface area contributed by atoms with Crippen LogP contribution in [0.2, 0.25) is 0 Å². The van der Waals surface area contributed by atoms with Gasteiger partial charge in [0.1, 0.15) is 11.4 Å². The zero-order valence-electron chi connectivity index (χ0n) is 11.4. The van der Waals surface area contributed by atoms with Crippen LogP contribution in [0.1, 0.15) is 31.5 Å². The molecule has 0 bridgehead atoms. The molecular weight excluding hydrogens is 334 g/mol. The van der Waals surface area contributed by atoms with E-state index in [9.17, 15) is 9.90 Å². The lowest BCUT2D eigenvalue weighted by Gasteiger charge is -2.22. The minimum absolute atomic E-state index is 0.174. The minimum Gasteiger partial charge on any atom is -0.493 e. The number of hydrogen-bond donors (Lipinski definition) is 3. The Kier molecular flexibility index (Phi) is 3.59. The van der Waals surface area contributed by atoms with Crippen molar-refractivity contribution in [2.24, 2.45) is 5.73 Å². The van der Waals surface area contributed by atoms with Crippen LogP contribution in [0.3, 0.4) is 0 Å². The maximum atomic E-state index is 12.3. The summed E-state index contributed by atoms with van der Waals surface area (Å²) < 4.78 is 0.901. The Morgan fingerprint density at radius 1 is 1.24 bits per heavy atom. The molecular formula is C15H16BrN3O2. The predicted octanol–water partition coefficient (Wildman–Crippen LogP) is 2.63. The molecule has 1 heterocycles. The zero-order chi connectivity index (χ0) is 15.0. The minimum atomic E-state index is -0.630. The van der Waals surface area contributed by atoms with Crippen molar-refractivity contribution in [1.82, 2.24) is 9.97 Å². The van der Waals surface area contributed by atoms with Crippen LogP contribution < -0.4 is 11.3 Å². The smallest absolute Gasteiger partial charge is 0.262 e. The fourth-order valence-electron chi connectivity index (χ4n) is 2.82. The number of benzene rings is 1. The van der Waals surface area contributed by atoms with Gasteiger partial charge in [-0.3, -0.25) is 4.79 Å². The summed E-state index contributed by atoms with van der Waals surface area (Å²) in [6.07, 6.45) is 3.56. The van der Waals surface area contributed by atoms with Gasteiger partial charge in [-0.25, -0.2) is 0 Å². The zero-order valence-corrected chi connectivity index (χ0v) is 13.0. The summed E-state index contributed by atoms with van der Waals surface area (Å²) in [5.74, 6) is 0.108. The van der Waals surface area contributed by atoms with Gasteiger partial charge in [0.15, 0.2) is 0 Å². The van der Waals surface area contributed by atoms with Crippen molar-refractivity contribution in [3.05, 3.63) is 44.9 Å². The van der Waals surface area contributed by atoms with Crippen LogP contribution in [-0.2, 0) is 5.54 Å². The highest BCUT2D eigenvalue weighted by Crippen LogP contribution is 2.35. The highest BCUT2D eigenvalue weighted by Gasteiger charge is 2.34. The van der Waals surface area contributed by atoms with Gasteiger partial charge in [-0.1, -0.05) is 40.9 Å². The molecule has 0 saturated heterocycles. The standard InChI is InChI=1S/C15H16BrN3O2/c16-10-5-3-9(4-6-10)11-12(20)18-14(19-13(11)21)15(17)7-1-2-8-15/h3-6H,1-2,7-8,17H2,(H2,18,19,20,21). The van der Waals surface area contributed by atoms with Gasteiger partial charge < -0.3 is 15.8 Å². The summed E-state index contributed by atoms with van der Waals surface area (Å²) in [7, 11) is 0. The number of aromatic nitrogens is 2. The fraction of sp³-hybridized carbons (Fsp3) is 0.333. The van der Waals surface area contributed by atoms with Crippen molar-refractivity contribution in [1.29, 1.82) is 0 Å². The molecule has 1 aromatic carbocycles. The number of nitrogens with one attached hydrogen (secondary N) is 1. The van der Waals surface area contributed by atoms with Crippen LogP contribution in [0.25, 0.3) is 11.1 Å². The lowest BCUT2D eigenvalue weighted by atomic mass is 9.98. The number of nitrogens with zero attached hydrogens (tertiary/aromatic N) is 1. The number of nitrogens with two attached hydrogens (primary N) is 1. The SMILES string of the molecule is NC1(c2nc(O)c(-c3ccc(Br)cc3)c(=O)[nH]2)CCCC1. The first-order chi connectivity index (χ1) is 9.99. The maximum Gasteiger partial charge on any atom is 0.262 e. The molecule has 0 radical (unpaired) electrons. The molecule has 6 heteroatoms. The Morgan fingerprint density at radius 2 is 1.86 bits per heavy atom. The van der Waals surface area contributed by atoms with Crippen LogP contribution in [-0.4, -0.2) is 15.1 Å². The molecule has 0 aliphatic heterocycles. The number of rotatable bonds is 2. The van der Waals surface area contributed by atoms with Gasteiger partial charge in [0.25, 0.3) is 5.56 Å². The summed E-state index contributed by atoms with van der Waals surface area (Å²) in [6.45, 7) is 0. The van der Waals surface area contributed by atoms with E-state index in [2.05, 4.69) is 25.9 Å². The monoisotopic (exact) mass is 349 g/mol. The van der Waals surface area contributed by atoms with Gasteiger partial charge in [-0.05, 0) is 30.5 Å². The highest BCUT2D eigenvalue weighted by atomic mass is 79.9. The third-order valence-electron chi connectivity index (χ3n) is 4.00. The summed E-state index contributed by atoms with van der Waals surface area (Å²) in [6, 6.07) is 7.13. The van der Waals surface area contributed by atoms with E-state index in [4.69, 9.17) is 5.73 Å². The maximum absolute atomic E-state index is 12.3. The van der Waals surface area contributed by atoms with E-state index >= 15 is 0 Å². The van der Waals surface area contributed by atoms with Gasteiger partial charge in [0, 0.05) is 4.47 Å². The molecule has 1 saturated carbocycles. The summed E-state index contributed by atoms with van der Waals surface area (Å²) >= 11 is 3.34. The number of hydrogen-bond acceptors (Lipinski definition) is 4. The summed E-state index contributed by atoms with van der Waals surface area (Å²) in [5.41, 5.74) is 6.08. The van der Waals surface area contributed by atoms with Crippen molar-refractivity contribution in [3.63, 3.8) is 0 Å². The van der Waals surface area contributed by atoms with Crippen LogP contribution >= 0.6 is 15.9 Å². The second-order valence-corrected chi connectivity index (χ2v) is 6.40. The Balaban J connectivity index is 2.08. The molecule has 0 amide bonds. The van der Waals surface area contributed by atoms with E-state index in [1.165, 1.54) is 0 Å². The summed E-state index contributed by atoms with van der Waals surface area (Å²) in [4.78, 5) is 19.2. The quantitative estimate of drug-likeness (QED) is 0.776. The molecule has 0 unspecified atom stereocenters. The number of aromatic amines is 1. The van der Waals surface area contributed by atoms with Gasteiger partial charge in [-0.15, -0.1) is 0 Å². The second-order valence-electron chi connectivity index (χ2n) is 5.48. The van der Waals surface area contributed by atoms with Crippen molar-refractivity contribution in [2.45, 2.75) is 31.2 Å². The highest BCUT2D eigenvalue weighted by molar-refractivity contribution is 9.10. The fourth-order valence-corrected chi connectivity index (χ4v) is 3.08. The lowest BCUT2D eigenvalue weighted by molar-refractivity contribution is 0.402. The van der Waals surface area contributed by atoms with Crippen LogP contribution in [0.4, 0.5) is 0 Å². The molecule has 21 heavy (non-hydrogen) atoms. The molecule has 1 aliphatic rings. The molecule has 5 nitrogen and oxygen atoms in total.